The van der Waals surface area contributed by atoms with E-state index in [0.29, 0.717) is 6.54 Å². The molecule has 0 aliphatic carbocycles. The summed E-state index contributed by atoms with van der Waals surface area (Å²) < 4.78 is 0. The third-order valence-corrected chi connectivity index (χ3v) is 6.49. The van der Waals surface area contributed by atoms with E-state index < -0.39 is 5.91 Å². The Morgan fingerprint density at radius 3 is 2.51 bits per heavy atom. The minimum Gasteiger partial charge on any atom is -0.347 e. The molecule has 1 fully saturated rings. The summed E-state index contributed by atoms with van der Waals surface area (Å²) in [5, 5.41) is 15.4. The molecule has 192 valence electrons. The number of likely N-dealkylation sites (tertiary alicyclic amines) is 1. The van der Waals surface area contributed by atoms with Crippen molar-refractivity contribution in [2.45, 2.75) is 25.9 Å². The van der Waals surface area contributed by atoms with E-state index in [4.69, 9.17) is 23.2 Å². The maximum absolute atomic E-state index is 12.9. The molecule has 2 aromatic carbocycles. The smallest absolute Gasteiger partial charge is 0.271 e. The molecule has 3 aromatic rings. The number of carbonyl (C=O) groups excluding carboxylic acids is 3. The molecule has 37 heavy (non-hydrogen) atoms. The van der Waals surface area contributed by atoms with Gasteiger partial charge in [-0.25, -0.2) is 0 Å². The van der Waals surface area contributed by atoms with Crippen LogP contribution in [0.2, 0.25) is 10.0 Å². The second-order valence-electron chi connectivity index (χ2n) is 8.59. The molecule has 11 heteroatoms. The second-order valence-corrected chi connectivity index (χ2v) is 9.40. The Bertz CT molecular complexity index is 1300. The zero-order chi connectivity index (χ0) is 26.4. The lowest BCUT2D eigenvalue weighted by Gasteiger charge is -2.17. The fourth-order valence-corrected chi connectivity index (χ4v) is 4.66. The molecule has 0 bridgehead atoms. The van der Waals surface area contributed by atoms with Crippen LogP contribution in [0.3, 0.4) is 0 Å². The molecule has 1 saturated heterocycles. The first-order chi connectivity index (χ1) is 17.8. The molecule has 0 saturated carbocycles. The molecular formula is C26H26Cl2N6O3. The third kappa shape index (κ3) is 6.76. The molecule has 1 aliphatic rings. The Morgan fingerprint density at radius 2 is 1.81 bits per heavy atom. The van der Waals surface area contributed by atoms with Crippen LogP contribution in [-0.2, 0) is 11.3 Å². The summed E-state index contributed by atoms with van der Waals surface area (Å²) in [6, 6.07) is 12.4. The van der Waals surface area contributed by atoms with Gasteiger partial charge >= 0.3 is 0 Å². The van der Waals surface area contributed by atoms with Crippen molar-refractivity contribution in [3.63, 3.8) is 0 Å². The number of aromatic amines is 1. The number of anilines is 2. The van der Waals surface area contributed by atoms with Crippen molar-refractivity contribution < 1.29 is 14.4 Å². The quantitative estimate of drug-likeness (QED) is 0.314. The molecule has 4 rings (SSSR count). The predicted molar refractivity (Wildman–Crippen MR) is 144 cm³/mol. The molecule has 0 spiro atoms. The van der Waals surface area contributed by atoms with E-state index in [-0.39, 0.29) is 44.8 Å². The highest BCUT2D eigenvalue weighted by Gasteiger charge is 2.26. The lowest BCUT2D eigenvalue weighted by Crippen LogP contribution is -2.37. The van der Waals surface area contributed by atoms with Gasteiger partial charge in [0.25, 0.3) is 11.8 Å². The van der Waals surface area contributed by atoms with Crippen LogP contribution in [0.5, 0.6) is 0 Å². The van der Waals surface area contributed by atoms with Crippen molar-refractivity contribution in [2.75, 3.05) is 23.7 Å². The molecule has 1 aromatic heterocycles. The van der Waals surface area contributed by atoms with Gasteiger partial charge in [0, 0.05) is 31.4 Å². The van der Waals surface area contributed by atoms with Crippen LogP contribution in [0.15, 0.2) is 60.8 Å². The summed E-state index contributed by atoms with van der Waals surface area (Å²) in [6.07, 6.45) is 5.31. The third-order valence-electron chi connectivity index (χ3n) is 5.86. The van der Waals surface area contributed by atoms with Crippen LogP contribution in [-0.4, -0.2) is 52.0 Å². The van der Waals surface area contributed by atoms with Crippen molar-refractivity contribution >= 4 is 52.3 Å². The molecular weight excluding hydrogens is 515 g/mol. The minimum atomic E-state index is -0.537. The Kier molecular flexibility index (Phi) is 8.60. The highest BCUT2D eigenvalue weighted by atomic mass is 35.5. The largest absolute Gasteiger partial charge is 0.347 e. The van der Waals surface area contributed by atoms with Crippen LogP contribution >= 0.6 is 23.2 Å². The summed E-state index contributed by atoms with van der Waals surface area (Å²) in [5.74, 6) is -1.07. The zero-order valence-electron chi connectivity index (χ0n) is 20.1. The minimum absolute atomic E-state index is 0.0586. The Morgan fingerprint density at radius 1 is 1.08 bits per heavy atom. The van der Waals surface area contributed by atoms with Crippen LogP contribution in [0, 0.1) is 0 Å². The number of amides is 3. The summed E-state index contributed by atoms with van der Waals surface area (Å²) in [4.78, 5) is 39.6. The van der Waals surface area contributed by atoms with Gasteiger partial charge in [-0.05, 0) is 49.2 Å². The number of hydrogen-bond donors (Lipinski definition) is 4. The normalized spacial score (nSPS) is 15.6. The van der Waals surface area contributed by atoms with Gasteiger partial charge in [0.05, 0.1) is 27.5 Å². The van der Waals surface area contributed by atoms with E-state index in [1.165, 1.54) is 12.3 Å². The number of halogens is 2. The van der Waals surface area contributed by atoms with Gasteiger partial charge in [-0.3, -0.25) is 24.4 Å². The van der Waals surface area contributed by atoms with Gasteiger partial charge in [0.15, 0.2) is 0 Å². The maximum atomic E-state index is 12.9. The van der Waals surface area contributed by atoms with E-state index in [2.05, 4.69) is 31.0 Å². The van der Waals surface area contributed by atoms with Gasteiger partial charge in [0.2, 0.25) is 5.91 Å². The van der Waals surface area contributed by atoms with Gasteiger partial charge < -0.3 is 16.0 Å². The van der Waals surface area contributed by atoms with Gasteiger partial charge in [-0.15, -0.1) is 0 Å². The molecule has 9 nitrogen and oxygen atoms in total. The van der Waals surface area contributed by atoms with Crippen molar-refractivity contribution in [3.05, 3.63) is 87.7 Å². The van der Waals surface area contributed by atoms with Crippen molar-refractivity contribution in [1.82, 2.24) is 20.4 Å². The van der Waals surface area contributed by atoms with Crippen LogP contribution < -0.4 is 16.0 Å². The Hall–Kier alpha value is -3.66. The van der Waals surface area contributed by atoms with Crippen LogP contribution in [0.4, 0.5) is 11.4 Å². The average molecular weight is 541 g/mol. The first-order valence-electron chi connectivity index (χ1n) is 11.7. The SMILES string of the molecule is CC=CC(=O)Nc1ccc(CN2CC[C@H](NC(=O)c3[nH]ncc3NC(=O)c3c(Cl)cccc3Cl)C2)cc1. The Labute approximate surface area is 224 Å². The predicted octanol–water partition coefficient (Wildman–Crippen LogP) is 4.49. The number of nitrogens with zero attached hydrogens (tertiary/aromatic N) is 2. The van der Waals surface area contributed by atoms with Crippen molar-refractivity contribution in [1.29, 1.82) is 0 Å². The number of rotatable bonds is 8. The standard InChI is InChI=1S/C26H26Cl2N6O3/c1-2-4-22(35)30-17-9-7-16(8-10-17)14-34-12-11-18(15-34)31-26(37)24-21(13-29-33-24)32-25(36)23-19(27)5-3-6-20(23)28/h2-10,13,18H,11-12,14-15H2,1H3,(H,29,33)(H,30,35)(H,31,37)(H,32,36)/t18-/m0/s1. The molecule has 1 aliphatic heterocycles. The van der Waals surface area contributed by atoms with Crippen molar-refractivity contribution in [2.24, 2.45) is 0 Å². The Balaban J connectivity index is 1.31. The molecule has 0 radical (unpaired) electrons. The van der Waals surface area contributed by atoms with E-state index in [0.717, 1.165) is 30.8 Å². The number of benzene rings is 2. The topological polar surface area (TPSA) is 119 Å². The second kappa shape index (κ2) is 12.1. The summed E-state index contributed by atoms with van der Waals surface area (Å²) in [6.45, 7) is 4.01. The lowest BCUT2D eigenvalue weighted by molar-refractivity contribution is -0.111. The summed E-state index contributed by atoms with van der Waals surface area (Å²) in [7, 11) is 0. The maximum Gasteiger partial charge on any atom is 0.271 e. The molecule has 2 heterocycles. The van der Waals surface area contributed by atoms with E-state index >= 15 is 0 Å². The van der Waals surface area contributed by atoms with E-state index in [1.54, 1.807) is 31.2 Å². The first kappa shape index (κ1) is 26.4. The fourth-order valence-electron chi connectivity index (χ4n) is 4.09. The summed E-state index contributed by atoms with van der Waals surface area (Å²) in [5.41, 5.74) is 2.34. The van der Waals surface area contributed by atoms with E-state index in [1.807, 2.05) is 24.3 Å². The highest BCUT2D eigenvalue weighted by Crippen LogP contribution is 2.26. The number of hydrogen-bond acceptors (Lipinski definition) is 5. The molecule has 1 atom stereocenters. The fraction of sp³-hybridized carbons (Fsp3) is 0.231. The first-order valence-corrected chi connectivity index (χ1v) is 12.4. The number of H-pyrrole nitrogens is 1. The number of nitrogens with one attached hydrogen (secondary N) is 4. The highest BCUT2D eigenvalue weighted by molar-refractivity contribution is 6.40. The number of allylic oxidation sites excluding steroid dienone is 1. The zero-order valence-corrected chi connectivity index (χ0v) is 21.6. The molecule has 0 unspecified atom stereocenters. The van der Waals surface area contributed by atoms with Gasteiger partial charge in [-0.1, -0.05) is 47.5 Å². The number of carbonyl (C=O) groups is 3. The molecule has 4 N–H and O–H groups in total. The lowest BCUT2D eigenvalue weighted by atomic mass is 10.2. The van der Waals surface area contributed by atoms with Crippen LogP contribution in [0.25, 0.3) is 0 Å². The molecule has 3 amide bonds. The number of aromatic nitrogens is 2. The average Bonchev–Trinajstić information content (AvgIpc) is 3.50. The summed E-state index contributed by atoms with van der Waals surface area (Å²) >= 11 is 12.2. The monoisotopic (exact) mass is 540 g/mol. The van der Waals surface area contributed by atoms with Crippen LogP contribution in [0.1, 0.15) is 39.8 Å². The van der Waals surface area contributed by atoms with Crippen molar-refractivity contribution in [3.8, 4) is 0 Å². The van der Waals surface area contributed by atoms with E-state index in [9.17, 15) is 14.4 Å². The van der Waals surface area contributed by atoms with Gasteiger partial charge in [0.1, 0.15) is 5.69 Å². The van der Waals surface area contributed by atoms with Gasteiger partial charge in [-0.2, -0.15) is 5.10 Å².